The summed E-state index contributed by atoms with van der Waals surface area (Å²) in [6.45, 7) is 1.50. The van der Waals surface area contributed by atoms with E-state index in [2.05, 4.69) is 9.47 Å². The Kier molecular flexibility index (Phi) is 5.77. The smallest absolute Gasteiger partial charge is 0.425 e. The average Bonchev–Trinajstić information content (AvgIpc) is 2.51. The van der Waals surface area contributed by atoms with Gasteiger partial charge in [0.2, 0.25) is 5.69 Å². The first-order valence-corrected chi connectivity index (χ1v) is 6.05. The SMILES string of the molecule is CCOC(=O)c1cc([N+](=O)[O-])c(NNC(=O)OC)c([N+](=O)[O-])c1. The van der Waals surface area contributed by atoms with Crippen LogP contribution in [0.3, 0.4) is 0 Å². The second-order valence-corrected chi connectivity index (χ2v) is 3.87. The molecule has 0 saturated heterocycles. The van der Waals surface area contributed by atoms with Crippen LogP contribution in [-0.4, -0.2) is 35.6 Å². The highest BCUT2D eigenvalue weighted by Gasteiger charge is 2.29. The van der Waals surface area contributed by atoms with Gasteiger partial charge in [-0.25, -0.2) is 15.0 Å². The summed E-state index contributed by atoms with van der Waals surface area (Å²) in [5.74, 6) is -0.953. The first-order valence-electron chi connectivity index (χ1n) is 6.05. The van der Waals surface area contributed by atoms with Crippen molar-refractivity contribution in [1.82, 2.24) is 5.43 Å². The van der Waals surface area contributed by atoms with E-state index in [-0.39, 0.29) is 12.2 Å². The molecule has 0 aliphatic heterocycles. The molecule has 2 N–H and O–H groups in total. The molecule has 12 heteroatoms. The maximum atomic E-state index is 11.6. The topological polar surface area (TPSA) is 163 Å². The molecule has 0 aliphatic rings. The third-order valence-corrected chi connectivity index (χ3v) is 2.48. The number of ether oxygens (including phenoxy) is 2. The number of hydrogen-bond donors (Lipinski definition) is 2. The molecule has 0 saturated carbocycles. The Morgan fingerprint density at radius 1 is 1.17 bits per heavy atom. The standard InChI is InChI=1S/C11H12N4O8/c1-3-23-10(16)6-4-7(14(18)19)9(8(5-6)15(20)21)12-13-11(17)22-2/h4-5,12H,3H2,1-2H3,(H,13,17). The molecule has 0 fully saturated rings. The van der Waals surface area contributed by atoms with Gasteiger partial charge in [0.25, 0.3) is 0 Å². The monoisotopic (exact) mass is 328 g/mol. The highest BCUT2D eigenvalue weighted by Crippen LogP contribution is 2.35. The summed E-state index contributed by atoms with van der Waals surface area (Å²) in [6.07, 6.45) is -1.02. The van der Waals surface area contributed by atoms with Crippen molar-refractivity contribution in [3.63, 3.8) is 0 Å². The van der Waals surface area contributed by atoms with Crippen LogP contribution in [0.4, 0.5) is 21.9 Å². The van der Waals surface area contributed by atoms with E-state index in [1.54, 1.807) is 0 Å². The zero-order valence-electron chi connectivity index (χ0n) is 12.0. The molecule has 1 rings (SSSR count). The Bertz CT molecular complexity index is 624. The summed E-state index contributed by atoms with van der Waals surface area (Å²) < 4.78 is 8.90. The summed E-state index contributed by atoms with van der Waals surface area (Å²) in [4.78, 5) is 42.9. The van der Waals surface area contributed by atoms with Crippen molar-refractivity contribution in [2.45, 2.75) is 6.92 Å². The van der Waals surface area contributed by atoms with Gasteiger partial charge < -0.3 is 9.47 Å². The number of hydrogen-bond acceptors (Lipinski definition) is 9. The number of nitrogens with zero attached hydrogens (tertiary/aromatic N) is 2. The van der Waals surface area contributed by atoms with Gasteiger partial charge in [-0.1, -0.05) is 0 Å². The molecule has 0 bridgehead atoms. The fourth-order valence-corrected chi connectivity index (χ4v) is 1.52. The number of anilines is 1. The summed E-state index contributed by atoms with van der Waals surface area (Å²) >= 11 is 0. The number of benzene rings is 1. The normalized spacial score (nSPS) is 9.65. The molecule has 0 aromatic heterocycles. The van der Waals surface area contributed by atoms with Gasteiger partial charge in [0.05, 0.1) is 29.1 Å². The molecule has 0 atom stereocenters. The van der Waals surface area contributed by atoms with E-state index in [1.165, 1.54) is 6.92 Å². The third-order valence-electron chi connectivity index (χ3n) is 2.48. The molecule has 1 aromatic rings. The Balaban J connectivity index is 3.41. The highest BCUT2D eigenvalue weighted by molar-refractivity contribution is 5.94. The van der Waals surface area contributed by atoms with Crippen molar-refractivity contribution >= 4 is 29.1 Å². The van der Waals surface area contributed by atoms with Crippen LogP contribution in [0.25, 0.3) is 0 Å². The largest absolute Gasteiger partial charge is 0.462 e. The van der Waals surface area contributed by atoms with E-state index >= 15 is 0 Å². The second kappa shape index (κ2) is 7.53. The van der Waals surface area contributed by atoms with E-state index in [0.29, 0.717) is 0 Å². The first kappa shape index (κ1) is 17.6. The van der Waals surface area contributed by atoms with E-state index in [1.807, 2.05) is 10.9 Å². The molecule has 0 unspecified atom stereocenters. The van der Waals surface area contributed by atoms with Gasteiger partial charge >= 0.3 is 23.4 Å². The third kappa shape index (κ3) is 4.26. The summed E-state index contributed by atoms with van der Waals surface area (Å²) in [5, 5.41) is 22.2. The van der Waals surface area contributed by atoms with Crippen LogP contribution >= 0.6 is 0 Å². The van der Waals surface area contributed by atoms with Crippen molar-refractivity contribution in [2.24, 2.45) is 0 Å². The van der Waals surface area contributed by atoms with Gasteiger partial charge in [0.1, 0.15) is 0 Å². The van der Waals surface area contributed by atoms with Crippen LogP contribution in [-0.2, 0) is 9.47 Å². The van der Waals surface area contributed by atoms with Crippen LogP contribution < -0.4 is 10.9 Å². The lowest BCUT2D eigenvalue weighted by atomic mass is 10.1. The number of carbonyl (C=O) groups excluding carboxylic acids is 2. The maximum Gasteiger partial charge on any atom is 0.425 e. The van der Waals surface area contributed by atoms with Crippen molar-refractivity contribution < 1.29 is 28.9 Å². The quantitative estimate of drug-likeness (QED) is 0.445. The van der Waals surface area contributed by atoms with Gasteiger partial charge in [0.15, 0.2) is 0 Å². The number of amides is 1. The van der Waals surface area contributed by atoms with Gasteiger partial charge in [-0.05, 0) is 6.92 Å². The Hall–Kier alpha value is -3.44. The predicted octanol–water partition coefficient (Wildman–Crippen LogP) is 1.36. The van der Waals surface area contributed by atoms with Crippen LogP contribution in [0, 0.1) is 20.2 Å². The number of nitro benzene ring substituents is 2. The zero-order valence-corrected chi connectivity index (χ0v) is 12.0. The Morgan fingerprint density at radius 3 is 2.09 bits per heavy atom. The van der Waals surface area contributed by atoms with E-state index < -0.39 is 39.0 Å². The number of methoxy groups -OCH3 is 1. The molecular formula is C11H12N4O8. The van der Waals surface area contributed by atoms with Crippen molar-refractivity contribution in [1.29, 1.82) is 0 Å². The van der Waals surface area contributed by atoms with E-state index in [4.69, 9.17) is 0 Å². The van der Waals surface area contributed by atoms with Crippen LogP contribution in [0.15, 0.2) is 12.1 Å². The lowest BCUT2D eigenvalue weighted by molar-refractivity contribution is -0.392. The number of carbonyl (C=O) groups is 2. The zero-order chi connectivity index (χ0) is 17.6. The van der Waals surface area contributed by atoms with Crippen LogP contribution in [0.1, 0.15) is 17.3 Å². The second-order valence-electron chi connectivity index (χ2n) is 3.87. The molecule has 0 spiro atoms. The molecule has 23 heavy (non-hydrogen) atoms. The van der Waals surface area contributed by atoms with E-state index in [0.717, 1.165) is 19.2 Å². The van der Waals surface area contributed by atoms with Crippen molar-refractivity contribution in [3.8, 4) is 0 Å². The Morgan fingerprint density at radius 2 is 1.70 bits per heavy atom. The first-order chi connectivity index (χ1) is 10.8. The van der Waals surface area contributed by atoms with Gasteiger partial charge in [-0.2, -0.15) is 0 Å². The predicted molar refractivity (Wildman–Crippen MR) is 74.9 cm³/mol. The molecule has 124 valence electrons. The fraction of sp³-hybridized carbons (Fsp3) is 0.273. The van der Waals surface area contributed by atoms with Gasteiger partial charge in [-0.15, -0.1) is 0 Å². The Labute approximate surface area is 128 Å². The lowest BCUT2D eigenvalue weighted by Gasteiger charge is -2.09. The average molecular weight is 328 g/mol. The molecule has 0 aliphatic carbocycles. The molecule has 1 aromatic carbocycles. The minimum atomic E-state index is -1.02. The highest BCUT2D eigenvalue weighted by atomic mass is 16.6. The van der Waals surface area contributed by atoms with Gasteiger partial charge in [0, 0.05) is 12.1 Å². The molecule has 1 amide bonds. The maximum absolute atomic E-state index is 11.6. The van der Waals surface area contributed by atoms with Gasteiger partial charge in [-0.3, -0.25) is 25.7 Å². The molecular weight excluding hydrogens is 316 g/mol. The lowest BCUT2D eigenvalue weighted by Crippen LogP contribution is -2.29. The van der Waals surface area contributed by atoms with Crippen molar-refractivity contribution in [2.75, 3.05) is 19.1 Å². The summed E-state index contributed by atoms with van der Waals surface area (Å²) in [6, 6.07) is 1.60. The fourth-order valence-electron chi connectivity index (χ4n) is 1.52. The minimum absolute atomic E-state index is 0.00960. The molecule has 12 nitrogen and oxygen atoms in total. The minimum Gasteiger partial charge on any atom is -0.462 e. The number of nitrogens with one attached hydrogen (secondary N) is 2. The summed E-state index contributed by atoms with van der Waals surface area (Å²) in [7, 11) is 1.03. The number of nitro groups is 2. The van der Waals surface area contributed by atoms with Crippen LogP contribution in [0.5, 0.6) is 0 Å². The van der Waals surface area contributed by atoms with E-state index in [9.17, 15) is 29.8 Å². The van der Waals surface area contributed by atoms with Crippen LogP contribution in [0.2, 0.25) is 0 Å². The summed E-state index contributed by atoms with van der Waals surface area (Å²) in [5.41, 5.74) is 1.35. The number of rotatable bonds is 6. The number of esters is 1. The number of hydrazine groups is 1. The van der Waals surface area contributed by atoms with Crippen molar-refractivity contribution in [3.05, 3.63) is 37.9 Å². The molecule has 0 heterocycles. The molecule has 0 radical (unpaired) electrons.